The van der Waals surface area contributed by atoms with Crippen molar-refractivity contribution in [3.8, 4) is 0 Å². The van der Waals surface area contributed by atoms with Gasteiger partial charge in [0.15, 0.2) is 0 Å². The van der Waals surface area contributed by atoms with Crippen molar-refractivity contribution in [2.75, 3.05) is 19.0 Å². The third-order valence-electron chi connectivity index (χ3n) is 2.30. The van der Waals surface area contributed by atoms with Gasteiger partial charge in [-0.3, -0.25) is 0 Å². The summed E-state index contributed by atoms with van der Waals surface area (Å²) in [7, 11) is 1.22. The number of unbranched alkanes of at least 4 members (excludes halogenated alkanes) is 1. The van der Waals surface area contributed by atoms with Crippen LogP contribution in [-0.4, -0.2) is 35.8 Å². The molecule has 0 radical (unpaired) electrons. The number of esters is 1. The molecule has 0 saturated heterocycles. The standard InChI is InChI=1S/C11H14F3N3O2/c1-19-10(18)8-6-15-7-17-9(8)16-5-3-2-4-11(12,13)14/h6-7H,2-5H2,1H3,(H,15,16,17). The third-order valence-corrected chi connectivity index (χ3v) is 2.30. The first-order valence-electron chi connectivity index (χ1n) is 5.63. The zero-order chi connectivity index (χ0) is 14.3. The maximum atomic E-state index is 11.9. The van der Waals surface area contributed by atoms with Crippen LogP contribution in [0.5, 0.6) is 0 Å². The van der Waals surface area contributed by atoms with Gasteiger partial charge in [0, 0.05) is 19.2 Å². The predicted octanol–water partition coefficient (Wildman–Crippen LogP) is 2.41. The Labute approximate surface area is 108 Å². The van der Waals surface area contributed by atoms with Gasteiger partial charge >= 0.3 is 12.1 Å². The first-order valence-corrected chi connectivity index (χ1v) is 5.63. The van der Waals surface area contributed by atoms with E-state index in [-0.39, 0.29) is 24.3 Å². The van der Waals surface area contributed by atoms with Gasteiger partial charge in [-0.15, -0.1) is 0 Å². The maximum absolute atomic E-state index is 11.9. The summed E-state index contributed by atoms with van der Waals surface area (Å²) in [4.78, 5) is 18.9. The highest BCUT2D eigenvalue weighted by molar-refractivity contribution is 5.94. The molecule has 0 aromatic carbocycles. The number of ether oxygens (including phenoxy) is 1. The number of carbonyl (C=O) groups excluding carboxylic acids is 1. The fraction of sp³-hybridized carbons (Fsp3) is 0.545. The second-order valence-corrected chi connectivity index (χ2v) is 3.78. The fourth-order valence-electron chi connectivity index (χ4n) is 1.39. The van der Waals surface area contributed by atoms with Crippen molar-refractivity contribution in [3.05, 3.63) is 18.1 Å². The van der Waals surface area contributed by atoms with Crippen LogP contribution in [0.4, 0.5) is 19.0 Å². The molecule has 8 heteroatoms. The molecule has 0 aliphatic carbocycles. The Hall–Kier alpha value is -1.86. The van der Waals surface area contributed by atoms with Crippen molar-refractivity contribution in [3.63, 3.8) is 0 Å². The summed E-state index contributed by atoms with van der Waals surface area (Å²) in [5.74, 6) is -0.341. The number of hydrogen-bond donors (Lipinski definition) is 1. The summed E-state index contributed by atoms with van der Waals surface area (Å²) in [6, 6.07) is 0. The number of alkyl halides is 3. The minimum Gasteiger partial charge on any atom is -0.465 e. The summed E-state index contributed by atoms with van der Waals surface area (Å²) in [6.07, 6.45) is -2.07. The van der Waals surface area contributed by atoms with Crippen LogP contribution in [0.15, 0.2) is 12.5 Å². The molecule has 0 saturated carbocycles. The number of nitrogens with one attached hydrogen (secondary N) is 1. The summed E-state index contributed by atoms with van der Waals surface area (Å²) < 4.78 is 40.3. The Bertz CT molecular complexity index is 424. The molecule has 1 aromatic heterocycles. The van der Waals surface area contributed by atoms with Gasteiger partial charge in [0.25, 0.3) is 0 Å². The molecule has 1 N–H and O–H groups in total. The highest BCUT2D eigenvalue weighted by Gasteiger charge is 2.25. The molecule has 0 spiro atoms. The minimum atomic E-state index is -4.13. The molecule has 1 aromatic rings. The van der Waals surface area contributed by atoms with Crippen LogP contribution in [-0.2, 0) is 4.74 Å². The Balaban J connectivity index is 2.43. The molecule has 19 heavy (non-hydrogen) atoms. The largest absolute Gasteiger partial charge is 0.465 e. The molecule has 5 nitrogen and oxygen atoms in total. The Morgan fingerprint density at radius 2 is 2.16 bits per heavy atom. The predicted molar refractivity (Wildman–Crippen MR) is 61.8 cm³/mol. The smallest absolute Gasteiger partial charge is 0.389 e. The number of anilines is 1. The first-order chi connectivity index (χ1) is 8.94. The van der Waals surface area contributed by atoms with Crippen molar-refractivity contribution in [1.29, 1.82) is 0 Å². The number of nitrogens with zero attached hydrogens (tertiary/aromatic N) is 2. The lowest BCUT2D eigenvalue weighted by molar-refractivity contribution is -0.135. The number of carbonyl (C=O) groups is 1. The van der Waals surface area contributed by atoms with Gasteiger partial charge in [-0.1, -0.05) is 0 Å². The van der Waals surface area contributed by atoms with Crippen LogP contribution < -0.4 is 5.32 Å². The molecule has 0 aliphatic rings. The third kappa shape index (κ3) is 5.54. The van der Waals surface area contributed by atoms with Crippen molar-refractivity contribution in [1.82, 2.24) is 9.97 Å². The molecule has 1 heterocycles. The van der Waals surface area contributed by atoms with E-state index in [1.54, 1.807) is 0 Å². The lowest BCUT2D eigenvalue weighted by Gasteiger charge is -2.09. The number of rotatable bonds is 6. The van der Waals surface area contributed by atoms with Gasteiger partial charge in [0.1, 0.15) is 17.7 Å². The van der Waals surface area contributed by atoms with Crippen LogP contribution in [0.25, 0.3) is 0 Å². The maximum Gasteiger partial charge on any atom is 0.389 e. The van der Waals surface area contributed by atoms with Gasteiger partial charge < -0.3 is 10.1 Å². The van der Waals surface area contributed by atoms with E-state index in [1.165, 1.54) is 19.6 Å². The van der Waals surface area contributed by atoms with E-state index in [1.807, 2.05) is 0 Å². The van der Waals surface area contributed by atoms with E-state index in [4.69, 9.17) is 0 Å². The molecule has 0 bridgehead atoms. The van der Waals surface area contributed by atoms with Gasteiger partial charge in [-0.05, 0) is 12.8 Å². The molecule has 0 aliphatic heterocycles. The van der Waals surface area contributed by atoms with Crippen LogP contribution in [0.1, 0.15) is 29.6 Å². The second kappa shape index (κ2) is 6.91. The van der Waals surface area contributed by atoms with E-state index in [0.29, 0.717) is 6.42 Å². The van der Waals surface area contributed by atoms with Crippen LogP contribution in [0.2, 0.25) is 0 Å². The fourth-order valence-corrected chi connectivity index (χ4v) is 1.39. The number of hydrogen-bond acceptors (Lipinski definition) is 5. The zero-order valence-corrected chi connectivity index (χ0v) is 10.3. The van der Waals surface area contributed by atoms with Gasteiger partial charge in [-0.2, -0.15) is 13.2 Å². The van der Waals surface area contributed by atoms with Crippen molar-refractivity contribution in [2.45, 2.75) is 25.4 Å². The molecule has 1 rings (SSSR count). The lowest BCUT2D eigenvalue weighted by Crippen LogP contribution is -2.12. The quantitative estimate of drug-likeness (QED) is 0.639. The molecular weight excluding hydrogens is 263 g/mol. The van der Waals surface area contributed by atoms with Crippen molar-refractivity contribution in [2.24, 2.45) is 0 Å². The molecule has 0 unspecified atom stereocenters. The summed E-state index contributed by atoms with van der Waals surface area (Å²) in [6.45, 7) is 0.289. The molecule has 0 amide bonds. The topological polar surface area (TPSA) is 64.1 Å². The molecule has 0 fully saturated rings. The minimum absolute atomic E-state index is 0.0230. The number of aromatic nitrogens is 2. The Morgan fingerprint density at radius 3 is 2.79 bits per heavy atom. The summed E-state index contributed by atoms with van der Waals surface area (Å²) in [5, 5.41) is 2.80. The highest BCUT2D eigenvalue weighted by atomic mass is 19.4. The van der Waals surface area contributed by atoms with Crippen molar-refractivity contribution >= 4 is 11.8 Å². The van der Waals surface area contributed by atoms with E-state index < -0.39 is 18.6 Å². The average molecular weight is 277 g/mol. The van der Waals surface area contributed by atoms with Crippen LogP contribution in [0, 0.1) is 0 Å². The Kier molecular flexibility index (Phi) is 5.53. The van der Waals surface area contributed by atoms with E-state index >= 15 is 0 Å². The molecule has 0 atom stereocenters. The van der Waals surface area contributed by atoms with E-state index in [9.17, 15) is 18.0 Å². The van der Waals surface area contributed by atoms with Crippen molar-refractivity contribution < 1.29 is 22.7 Å². The second-order valence-electron chi connectivity index (χ2n) is 3.78. The normalized spacial score (nSPS) is 11.2. The molecule has 106 valence electrons. The van der Waals surface area contributed by atoms with Crippen LogP contribution in [0.3, 0.4) is 0 Å². The lowest BCUT2D eigenvalue weighted by atomic mass is 10.2. The number of methoxy groups -OCH3 is 1. The van der Waals surface area contributed by atoms with E-state index in [2.05, 4.69) is 20.0 Å². The monoisotopic (exact) mass is 277 g/mol. The first kappa shape index (κ1) is 15.2. The van der Waals surface area contributed by atoms with Crippen LogP contribution >= 0.6 is 0 Å². The SMILES string of the molecule is COC(=O)c1cncnc1NCCCCC(F)(F)F. The summed E-state index contributed by atoms with van der Waals surface area (Å²) >= 11 is 0. The Morgan fingerprint density at radius 1 is 1.42 bits per heavy atom. The number of halogens is 3. The van der Waals surface area contributed by atoms with Gasteiger partial charge in [-0.25, -0.2) is 14.8 Å². The van der Waals surface area contributed by atoms with Gasteiger partial charge in [0.05, 0.1) is 7.11 Å². The van der Waals surface area contributed by atoms with Gasteiger partial charge in [0.2, 0.25) is 0 Å². The summed E-state index contributed by atoms with van der Waals surface area (Å²) in [5.41, 5.74) is 0.154. The zero-order valence-electron chi connectivity index (χ0n) is 10.3. The van der Waals surface area contributed by atoms with E-state index in [0.717, 1.165) is 0 Å². The molecular formula is C11H14F3N3O2. The highest BCUT2D eigenvalue weighted by Crippen LogP contribution is 2.22. The average Bonchev–Trinajstić information content (AvgIpc) is 2.36.